The van der Waals surface area contributed by atoms with Crippen molar-refractivity contribution in [2.75, 3.05) is 7.11 Å². The lowest BCUT2D eigenvalue weighted by molar-refractivity contribution is 0.414. The van der Waals surface area contributed by atoms with Crippen LogP contribution in [0.15, 0.2) is 59.6 Å². The van der Waals surface area contributed by atoms with Crippen molar-refractivity contribution in [3.05, 3.63) is 65.7 Å². The lowest BCUT2D eigenvalue weighted by atomic mass is 10.1. The molecule has 2 aromatic rings. The highest BCUT2D eigenvalue weighted by atomic mass is 16.5. The highest BCUT2D eigenvalue weighted by molar-refractivity contribution is 5.83. The molecule has 0 saturated carbocycles. The average molecular weight is 239 g/mol. The zero-order valence-corrected chi connectivity index (χ0v) is 10.7. The second-order valence-corrected chi connectivity index (χ2v) is 4.11. The van der Waals surface area contributed by atoms with E-state index in [1.165, 1.54) is 5.56 Å². The molecule has 0 fully saturated rings. The highest BCUT2D eigenvalue weighted by Gasteiger charge is 2.02. The molecule has 0 heterocycles. The molecule has 0 amide bonds. The number of rotatable bonds is 4. The van der Waals surface area contributed by atoms with Crippen LogP contribution in [0.5, 0.6) is 5.75 Å². The Morgan fingerprint density at radius 1 is 1.00 bits per heavy atom. The van der Waals surface area contributed by atoms with Crippen molar-refractivity contribution in [2.45, 2.75) is 13.0 Å². The summed E-state index contributed by atoms with van der Waals surface area (Å²) in [5.74, 6) is 0.849. The zero-order valence-electron chi connectivity index (χ0n) is 10.7. The van der Waals surface area contributed by atoms with E-state index in [1.54, 1.807) is 7.11 Å². The summed E-state index contributed by atoms with van der Waals surface area (Å²) in [4.78, 5) is 4.57. The van der Waals surface area contributed by atoms with Gasteiger partial charge in [-0.15, -0.1) is 0 Å². The summed E-state index contributed by atoms with van der Waals surface area (Å²) >= 11 is 0. The van der Waals surface area contributed by atoms with Crippen molar-refractivity contribution in [3.8, 4) is 5.75 Å². The molecule has 1 atom stereocenters. The molecule has 0 radical (unpaired) electrons. The quantitative estimate of drug-likeness (QED) is 0.742. The number of nitrogens with zero attached hydrogens (tertiary/aromatic N) is 1. The van der Waals surface area contributed by atoms with Crippen LogP contribution in [0.1, 0.15) is 24.1 Å². The van der Waals surface area contributed by atoms with E-state index in [0.717, 1.165) is 11.3 Å². The SMILES string of the molecule is COc1ccccc1C=N[C@@H](C)c1ccccc1. The van der Waals surface area contributed by atoms with Crippen LogP contribution in [0.4, 0.5) is 0 Å². The summed E-state index contributed by atoms with van der Waals surface area (Å²) in [6, 6.07) is 18.3. The van der Waals surface area contributed by atoms with Gasteiger partial charge in [-0.25, -0.2) is 0 Å². The molecule has 2 aromatic carbocycles. The van der Waals surface area contributed by atoms with E-state index in [1.807, 2.05) is 48.7 Å². The minimum absolute atomic E-state index is 0.149. The molecule has 0 spiro atoms. The summed E-state index contributed by atoms with van der Waals surface area (Å²) in [5.41, 5.74) is 2.21. The van der Waals surface area contributed by atoms with Gasteiger partial charge in [0.2, 0.25) is 0 Å². The van der Waals surface area contributed by atoms with Gasteiger partial charge in [0, 0.05) is 11.8 Å². The fourth-order valence-corrected chi connectivity index (χ4v) is 1.78. The topological polar surface area (TPSA) is 21.6 Å². The van der Waals surface area contributed by atoms with E-state index in [2.05, 4.69) is 24.0 Å². The third kappa shape index (κ3) is 2.98. The molecule has 0 aromatic heterocycles. The molecule has 0 saturated heterocycles. The Hall–Kier alpha value is -2.09. The Bertz CT molecular complexity index is 520. The second-order valence-electron chi connectivity index (χ2n) is 4.11. The maximum atomic E-state index is 5.29. The molecule has 2 nitrogen and oxygen atoms in total. The van der Waals surface area contributed by atoms with Gasteiger partial charge in [-0.05, 0) is 24.6 Å². The van der Waals surface area contributed by atoms with E-state index < -0.39 is 0 Å². The highest BCUT2D eigenvalue weighted by Crippen LogP contribution is 2.18. The first-order valence-corrected chi connectivity index (χ1v) is 6.02. The van der Waals surface area contributed by atoms with Gasteiger partial charge in [0.1, 0.15) is 5.75 Å². The fraction of sp³-hybridized carbons (Fsp3) is 0.188. The molecular weight excluding hydrogens is 222 g/mol. The minimum atomic E-state index is 0.149. The summed E-state index contributed by atoms with van der Waals surface area (Å²) in [5, 5.41) is 0. The predicted octanol–water partition coefficient (Wildman–Crippen LogP) is 3.88. The summed E-state index contributed by atoms with van der Waals surface area (Å²) < 4.78 is 5.29. The molecule has 0 unspecified atom stereocenters. The summed E-state index contributed by atoms with van der Waals surface area (Å²) in [6.07, 6.45) is 1.87. The third-order valence-electron chi connectivity index (χ3n) is 2.86. The van der Waals surface area contributed by atoms with Crippen molar-refractivity contribution in [2.24, 2.45) is 4.99 Å². The van der Waals surface area contributed by atoms with Gasteiger partial charge < -0.3 is 4.74 Å². The summed E-state index contributed by atoms with van der Waals surface area (Å²) in [7, 11) is 1.67. The Labute approximate surface area is 108 Å². The molecule has 0 bridgehead atoms. The standard InChI is InChI=1S/C16H17NO/c1-13(14-8-4-3-5-9-14)17-12-15-10-6-7-11-16(15)18-2/h3-13H,1-2H3/t13-/m0/s1. The van der Waals surface area contributed by atoms with Gasteiger partial charge in [0.25, 0.3) is 0 Å². The van der Waals surface area contributed by atoms with Crippen molar-refractivity contribution < 1.29 is 4.74 Å². The van der Waals surface area contributed by atoms with Crippen LogP contribution in [-0.4, -0.2) is 13.3 Å². The smallest absolute Gasteiger partial charge is 0.127 e. The largest absolute Gasteiger partial charge is 0.496 e. The lowest BCUT2D eigenvalue weighted by Crippen LogP contribution is -1.93. The summed E-state index contributed by atoms with van der Waals surface area (Å²) in [6.45, 7) is 2.08. The van der Waals surface area contributed by atoms with Crippen molar-refractivity contribution in [1.29, 1.82) is 0 Å². The van der Waals surface area contributed by atoms with E-state index >= 15 is 0 Å². The predicted molar refractivity (Wildman–Crippen MR) is 75.4 cm³/mol. The fourth-order valence-electron chi connectivity index (χ4n) is 1.78. The van der Waals surface area contributed by atoms with Crippen LogP contribution in [0.3, 0.4) is 0 Å². The number of para-hydroxylation sites is 1. The van der Waals surface area contributed by atoms with Gasteiger partial charge >= 0.3 is 0 Å². The van der Waals surface area contributed by atoms with E-state index in [9.17, 15) is 0 Å². The zero-order chi connectivity index (χ0) is 12.8. The van der Waals surface area contributed by atoms with Gasteiger partial charge in [-0.2, -0.15) is 0 Å². The number of hydrogen-bond donors (Lipinski definition) is 0. The van der Waals surface area contributed by atoms with Crippen molar-refractivity contribution in [1.82, 2.24) is 0 Å². The number of aliphatic imine (C=N–C) groups is 1. The van der Waals surface area contributed by atoms with Crippen LogP contribution in [0.25, 0.3) is 0 Å². The first kappa shape index (κ1) is 12.4. The van der Waals surface area contributed by atoms with E-state index in [0.29, 0.717) is 0 Å². The molecule has 0 N–H and O–H groups in total. The maximum absolute atomic E-state index is 5.29. The lowest BCUT2D eigenvalue weighted by Gasteiger charge is -2.07. The molecule has 0 aliphatic carbocycles. The Balaban J connectivity index is 2.16. The van der Waals surface area contributed by atoms with Gasteiger partial charge in [0.15, 0.2) is 0 Å². The second kappa shape index (κ2) is 6.01. The monoisotopic (exact) mass is 239 g/mol. The number of hydrogen-bond acceptors (Lipinski definition) is 2. The molecule has 18 heavy (non-hydrogen) atoms. The van der Waals surface area contributed by atoms with Crippen LogP contribution in [-0.2, 0) is 0 Å². The number of benzene rings is 2. The van der Waals surface area contributed by atoms with Gasteiger partial charge in [0.05, 0.1) is 13.2 Å². The van der Waals surface area contributed by atoms with Crippen LogP contribution in [0.2, 0.25) is 0 Å². The molecule has 0 aliphatic heterocycles. The molecule has 92 valence electrons. The average Bonchev–Trinajstić information content (AvgIpc) is 2.46. The molecule has 2 rings (SSSR count). The Morgan fingerprint density at radius 3 is 2.39 bits per heavy atom. The molecule has 2 heteroatoms. The minimum Gasteiger partial charge on any atom is -0.496 e. The Morgan fingerprint density at radius 2 is 1.67 bits per heavy atom. The van der Waals surface area contributed by atoms with Gasteiger partial charge in [-0.3, -0.25) is 4.99 Å². The van der Waals surface area contributed by atoms with Crippen LogP contribution >= 0.6 is 0 Å². The van der Waals surface area contributed by atoms with Crippen molar-refractivity contribution >= 4 is 6.21 Å². The van der Waals surface area contributed by atoms with Crippen LogP contribution < -0.4 is 4.74 Å². The van der Waals surface area contributed by atoms with Crippen LogP contribution in [0, 0.1) is 0 Å². The third-order valence-corrected chi connectivity index (χ3v) is 2.86. The normalized spacial score (nSPS) is 12.6. The molecular formula is C16H17NO. The van der Waals surface area contributed by atoms with Crippen molar-refractivity contribution in [3.63, 3.8) is 0 Å². The first-order valence-electron chi connectivity index (χ1n) is 6.02. The number of methoxy groups -OCH3 is 1. The molecule has 0 aliphatic rings. The van der Waals surface area contributed by atoms with Gasteiger partial charge in [-0.1, -0.05) is 42.5 Å². The van der Waals surface area contributed by atoms with E-state index in [-0.39, 0.29) is 6.04 Å². The first-order chi connectivity index (χ1) is 8.81. The Kier molecular flexibility index (Phi) is 4.13. The number of ether oxygens (including phenoxy) is 1. The maximum Gasteiger partial charge on any atom is 0.127 e. The van der Waals surface area contributed by atoms with E-state index in [4.69, 9.17) is 4.74 Å².